The normalized spacial score (nSPS) is 10.1. The third kappa shape index (κ3) is 36.8. The quantitative estimate of drug-likeness (QED) is 0.0175. The van der Waals surface area contributed by atoms with Crippen LogP contribution in [0, 0.1) is 0 Å². The molecule has 0 atom stereocenters. The van der Waals surface area contributed by atoms with E-state index < -0.39 is 0 Å². The van der Waals surface area contributed by atoms with Gasteiger partial charge >= 0.3 is 0 Å². The molecule has 712 valence electrons. The van der Waals surface area contributed by atoms with Gasteiger partial charge in [0, 0.05) is 61.4 Å². The van der Waals surface area contributed by atoms with Gasteiger partial charge in [-0.05, 0) is 233 Å². The number of hydrogen-bond donors (Lipinski definition) is 8. The Kier molecular flexibility index (Phi) is 41.3. The lowest BCUT2D eigenvalue weighted by molar-refractivity contribution is -0.119. The van der Waals surface area contributed by atoms with E-state index in [9.17, 15) is 38.4 Å². The first-order chi connectivity index (χ1) is 67.8. The summed E-state index contributed by atoms with van der Waals surface area (Å²) in [7, 11) is 0. The topological polar surface area (TPSA) is 596 Å². The van der Waals surface area contributed by atoms with Gasteiger partial charge in [-0.1, -0.05) is 167 Å². The Morgan fingerprint density at radius 3 is 1.11 bits per heavy atom. The van der Waals surface area contributed by atoms with Crippen LogP contribution in [0.1, 0.15) is 155 Å². The van der Waals surface area contributed by atoms with E-state index in [1.54, 1.807) is 92.3 Å². The molecule has 8 aromatic heterocycles. The molecule has 0 aliphatic rings. The third-order valence-electron chi connectivity index (χ3n) is 18.3. The molecule has 0 unspecified atom stereocenters. The smallest absolute Gasteiger partial charge is 0.211 e. The number of ketones is 8. The number of aromatic amines is 8. The molecule has 0 spiro atoms. The van der Waals surface area contributed by atoms with E-state index in [1.807, 2.05) is 194 Å². The van der Waals surface area contributed by atoms with Gasteiger partial charge in [-0.15, -0.1) is 83.1 Å². The van der Waals surface area contributed by atoms with Gasteiger partial charge in [0.25, 0.3) is 0 Å². The number of rotatable bonds is 27. The molecule has 0 aliphatic heterocycles. The molecule has 19 rings (SSSR count). The first-order valence-corrected chi connectivity index (χ1v) is 43.6. The highest BCUT2D eigenvalue weighted by molar-refractivity contribution is 7.98. The van der Waals surface area contributed by atoms with Crippen molar-refractivity contribution in [2.24, 2.45) is 0 Å². The molecule has 19 aromatic rings. The zero-order valence-electron chi connectivity index (χ0n) is 77.4. The van der Waals surface area contributed by atoms with Crippen molar-refractivity contribution in [2.75, 3.05) is 6.61 Å². The average Bonchev–Trinajstić information content (AvgIpc) is 1.32. The van der Waals surface area contributed by atoms with Crippen LogP contribution in [-0.2, 0) is 52.8 Å². The number of aromatic nitrogens is 31. The highest BCUT2D eigenvalue weighted by Crippen LogP contribution is 2.28. The molecule has 0 saturated heterocycles. The van der Waals surface area contributed by atoms with Crippen LogP contribution in [0.4, 0.5) is 0 Å². The maximum Gasteiger partial charge on any atom is 0.211 e. The van der Waals surface area contributed by atoms with Crippen LogP contribution in [0.5, 0.6) is 23.0 Å². The van der Waals surface area contributed by atoms with E-state index in [2.05, 4.69) is 160 Å². The molecule has 8 heterocycles. The summed E-state index contributed by atoms with van der Waals surface area (Å²) in [5.74, 6) is 8.30. The second kappa shape index (κ2) is 55.9. The van der Waals surface area contributed by atoms with Gasteiger partial charge in [0.1, 0.15) is 65.4 Å². The standard InChI is InChI=1S/C14H12N4O2.2C14H12N4O.C11H12N4O.C10H10N4O2.C10H10N4OS.C9H8N4O.C8H7N3O.2C3H6O/c1-9(19)8-20-13-5-4-10-6-12(3-2-11(10)7-13)14-15-17-18-16-14;1-2-5-11(6-3-1)10-19-13-8-4-7-12(9-13)14-15-17-18-16-14;1-2-4-11(5-3-1)10-19-13-8-6-12(7-9-13)14-15-17-18-16-14;1-8(16)10-5-2-9(3-6-10)4-7-11-12-14-15-13-11;2*1-7(15)8-2-4-9(5-3-8)16-6-10-11-13-14-12-10;1-6(14)7-2-4-8(5-3-7)9-10-12-13-11-9;1-5(12)6-2-3-7-8(4-6)10-11-9-7;2*1-3(2)4/h2-7H,8H2,1H3,(H,15,16,17,18);2*1-9H,10H2,(H,15,16,17,18);2-3,5-6H,4,7H2,1H3,(H,12,13,14,15);2*2-5H,6H2,1H3,(H,11,12,13,14);2-5H,1H3,(H,10,11,12,13);2-4H,1H3,(H,9,10,11);2*1-2H3. The van der Waals surface area contributed by atoms with E-state index in [0.29, 0.717) is 87.9 Å². The Balaban J connectivity index is 0.000000163. The molecule has 0 aliphatic carbocycles. The van der Waals surface area contributed by atoms with Gasteiger partial charge in [-0.25, -0.2) is 0 Å². The van der Waals surface area contributed by atoms with E-state index >= 15 is 0 Å². The highest BCUT2D eigenvalue weighted by Gasteiger charge is 2.13. The summed E-state index contributed by atoms with van der Waals surface area (Å²) in [6.45, 7) is 16.7. The Morgan fingerprint density at radius 2 is 0.636 bits per heavy atom. The van der Waals surface area contributed by atoms with Crippen LogP contribution >= 0.6 is 11.8 Å². The van der Waals surface area contributed by atoms with Crippen molar-refractivity contribution in [3.8, 4) is 68.5 Å². The molecule has 0 saturated carbocycles. The number of Topliss-reactive ketones (excluding diaryl/α,β-unsaturated/α-hetero) is 8. The molecule has 0 radical (unpaired) electrons. The van der Waals surface area contributed by atoms with Crippen molar-refractivity contribution in [1.82, 2.24) is 160 Å². The Hall–Kier alpha value is -18.5. The van der Waals surface area contributed by atoms with Crippen molar-refractivity contribution < 1.29 is 57.3 Å². The molecule has 140 heavy (non-hydrogen) atoms. The number of fused-ring (bicyclic) bond motifs is 2. The van der Waals surface area contributed by atoms with Crippen LogP contribution in [0.15, 0.2) is 266 Å². The zero-order chi connectivity index (χ0) is 99.6. The fourth-order valence-corrected chi connectivity index (χ4v) is 12.1. The molecule has 0 fully saturated rings. The molecule has 44 heteroatoms. The van der Waals surface area contributed by atoms with Crippen molar-refractivity contribution in [1.29, 1.82) is 0 Å². The second-order valence-electron chi connectivity index (χ2n) is 29.8. The summed E-state index contributed by atoms with van der Waals surface area (Å²) in [5.41, 5.74) is 11.9. The number of nitrogens with one attached hydrogen (secondary N) is 8. The Morgan fingerprint density at radius 1 is 0.264 bits per heavy atom. The first-order valence-electron chi connectivity index (χ1n) is 42.6. The Labute approximate surface area is 803 Å². The van der Waals surface area contributed by atoms with E-state index in [0.717, 1.165) is 101 Å². The fourth-order valence-electron chi connectivity index (χ4n) is 11.4. The number of tetrazole rings is 7. The van der Waals surface area contributed by atoms with Crippen LogP contribution in [0.2, 0.25) is 0 Å². The zero-order valence-corrected chi connectivity index (χ0v) is 78.2. The van der Waals surface area contributed by atoms with Gasteiger partial charge in [0.2, 0.25) is 29.1 Å². The lowest BCUT2D eigenvalue weighted by Crippen LogP contribution is -2.06. The number of thioether (sulfide) groups is 1. The number of carbonyl (C=O) groups excluding carboxylic acids is 8. The fraction of sp³-hybridized carbons (Fsp3) is 0.177. The number of nitrogens with zero attached hydrogens (tertiary/aromatic N) is 23. The lowest BCUT2D eigenvalue weighted by Gasteiger charge is -2.06. The van der Waals surface area contributed by atoms with Crippen molar-refractivity contribution in [3.05, 3.63) is 323 Å². The molecule has 11 aromatic carbocycles. The monoisotopic (exact) mass is 1910 g/mol. The van der Waals surface area contributed by atoms with Crippen LogP contribution in [0.3, 0.4) is 0 Å². The summed E-state index contributed by atoms with van der Waals surface area (Å²) in [6, 6.07) is 81.2. The predicted molar refractivity (Wildman–Crippen MR) is 513 cm³/mol. The maximum atomic E-state index is 11.1. The van der Waals surface area contributed by atoms with Crippen LogP contribution in [-0.4, -0.2) is 213 Å². The van der Waals surface area contributed by atoms with Gasteiger partial charge in [-0.2, -0.15) is 51.9 Å². The number of hydrogen-bond acceptors (Lipinski definition) is 36. The van der Waals surface area contributed by atoms with E-state index in [-0.39, 0.29) is 59.5 Å². The molecule has 0 amide bonds. The minimum Gasteiger partial charge on any atom is -0.489 e. The van der Waals surface area contributed by atoms with Gasteiger partial charge in [0.15, 0.2) is 53.0 Å². The number of ether oxygens (including phenoxy) is 4. The second-order valence-corrected chi connectivity index (χ2v) is 30.8. The van der Waals surface area contributed by atoms with Crippen molar-refractivity contribution in [2.45, 2.75) is 113 Å². The SMILES string of the molecule is CC(=O)COc1ccc2cc(-c3nn[nH]n3)ccc2c1.CC(=O)c1ccc(-c2nn[nH]n2)cc1.CC(=O)c1ccc(CCc2nn[nH]n2)cc1.CC(=O)c1ccc(OCc2nn[nH]n2)cc1.CC(=O)c1ccc(SCc2nn[nH]n2)cc1.CC(=O)c1ccc2n[nH]nc2c1.CC(C)=O.CC(C)=O.c1ccc(COc2ccc(-c3nn[nH]n3)cc2)cc1.c1ccc(COc2cccc(-c3nn[nH]n3)c2)cc1. The third-order valence-corrected chi connectivity index (χ3v) is 19.3. The van der Waals surface area contributed by atoms with E-state index in [1.165, 1.54) is 55.4 Å². The number of aryl methyl sites for hydroxylation is 2. The number of carbonyl (C=O) groups is 8. The average molecular weight is 1910 g/mol. The highest BCUT2D eigenvalue weighted by atomic mass is 32.2. The molecular formula is C96H95N31O12S. The molecule has 8 N–H and O–H groups in total. The summed E-state index contributed by atoms with van der Waals surface area (Å²) < 4.78 is 22.2. The summed E-state index contributed by atoms with van der Waals surface area (Å²) >= 11 is 1.60. The molecule has 0 bridgehead atoms. The van der Waals surface area contributed by atoms with Gasteiger partial charge in [0.05, 0.1) is 5.75 Å². The minimum atomic E-state index is -0.00227. The number of benzene rings is 11. The van der Waals surface area contributed by atoms with E-state index in [4.69, 9.17) is 18.9 Å². The largest absolute Gasteiger partial charge is 0.489 e. The minimum absolute atomic E-state index is 0.00227. The summed E-state index contributed by atoms with van der Waals surface area (Å²) in [5, 5.41) is 108. The van der Waals surface area contributed by atoms with Crippen molar-refractivity contribution >= 4 is 79.8 Å². The van der Waals surface area contributed by atoms with Crippen LogP contribution in [0.25, 0.3) is 67.4 Å². The van der Waals surface area contributed by atoms with Gasteiger partial charge in [-0.3, -0.25) is 28.8 Å². The first kappa shape index (κ1) is 104. The maximum absolute atomic E-state index is 11.1. The lowest BCUT2D eigenvalue weighted by atomic mass is 10.1. The molecular weight excluding hydrogens is 1810 g/mol. The van der Waals surface area contributed by atoms with Gasteiger partial charge < -0.3 is 28.5 Å². The summed E-state index contributed by atoms with van der Waals surface area (Å²) in [6.07, 6.45) is 1.59. The summed E-state index contributed by atoms with van der Waals surface area (Å²) in [4.78, 5) is 86.0. The molecule has 43 nitrogen and oxygen atoms in total. The van der Waals surface area contributed by atoms with Crippen LogP contribution < -0.4 is 18.9 Å². The van der Waals surface area contributed by atoms with Crippen molar-refractivity contribution in [3.63, 3.8) is 0 Å². The number of H-pyrrole nitrogens is 8. The predicted octanol–water partition coefficient (Wildman–Crippen LogP) is 14.2. The Bertz CT molecular complexity index is 6700.